The molecular weight excluding hydrogens is 262 g/mol. The molecule has 1 fully saturated rings. The summed E-state index contributed by atoms with van der Waals surface area (Å²) in [5, 5.41) is 2.99. The Labute approximate surface area is 126 Å². The number of hydrogen-bond acceptors (Lipinski definition) is 4. The zero-order valence-electron chi connectivity index (χ0n) is 12.5. The molecule has 112 valence electrons. The molecule has 0 spiro atoms. The first kappa shape index (κ1) is 14.0. The fourth-order valence-electron chi connectivity index (χ4n) is 3.56. The Balaban J connectivity index is 2.06. The molecule has 0 amide bonds. The van der Waals surface area contributed by atoms with E-state index in [1.165, 1.54) is 32.1 Å². The van der Waals surface area contributed by atoms with Crippen LogP contribution in [0.1, 0.15) is 37.7 Å². The number of nitrogens with zero attached hydrogens (tertiary/aromatic N) is 1. The normalized spacial score (nSPS) is 26.0. The van der Waals surface area contributed by atoms with Crippen molar-refractivity contribution >= 4 is 5.96 Å². The molecule has 2 aliphatic rings. The fourth-order valence-corrected chi connectivity index (χ4v) is 3.56. The van der Waals surface area contributed by atoms with Crippen LogP contribution in [0.5, 0.6) is 5.75 Å². The lowest BCUT2D eigenvalue weighted by molar-refractivity contribution is 0.249. The van der Waals surface area contributed by atoms with E-state index in [-0.39, 0.29) is 5.54 Å². The first-order chi connectivity index (χ1) is 10.2. The van der Waals surface area contributed by atoms with Crippen LogP contribution in [0.15, 0.2) is 41.5 Å². The van der Waals surface area contributed by atoms with Gasteiger partial charge in [-0.15, -0.1) is 0 Å². The summed E-state index contributed by atoms with van der Waals surface area (Å²) in [6.45, 7) is 0. The van der Waals surface area contributed by atoms with E-state index in [1.807, 2.05) is 18.3 Å². The molecule has 1 atom stereocenters. The van der Waals surface area contributed by atoms with Crippen LogP contribution < -0.4 is 15.8 Å². The number of nitrogens with one attached hydrogen (secondary N) is 1. The largest absolute Gasteiger partial charge is 0.497 e. The van der Waals surface area contributed by atoms with E-state index >= 15 is 0 Å². The first-order valence-electron chi connectivity index (χ1n) is 7.69. The maximum Gasteiger partial charge on any atom is 0.193 e. The Morgan fingerprint density at radius 2 is 2.10 bits per heavy atom. The summed E-state index contributed by atoms with van der Waals surface area (Å²) >= 11 is 0. The molecule has 0 aromatic heterocycles. The molecule has 4 nitrogen and oxygen atoms in total. The quantitative estimate of drug-likeness (QED) is 0.897. The summed E-state index contributed by atoms with van der Waals surface area (Å²) in [5.41, 5.74) is 6.79. The van der Waals surface area contributed by atoms with Crippen LogP contribution in [-0.2, 0) is 5.54 Å². The van der Waals surface area contributed by atoms with Crippen molar-refractivity contribution in [1.29, 1.82) is 0 Å². The zero-order valence-corrected chi connectivity index (χ0v) is 12.5. The minimum atomic E-state index is -0.357. The lowest BCUT2D eigenvalue weighted by Gasteiger charge is -2.39. The van der Waals surface area contributed by atoms with Crippen LogP contribution in [0.25, 0.3) is 0 Å². The number of methoxy groups -OCH3 is 1. The maximum atomic E-state index is 5.98. The van der Waals surface area contributed by atoms with Crippen LogP contribution in [0.2, 0.25) is 0 Å². The standard InChI is InChI=1S/C17H23N3O/c1-21-15-9-5-8-14(12-15)17(10-11-19-16(18)20-17)13-6-3-2-4-7-13/h5,8-13H,2-4,6-7H2,1H3,(H3,18,19,20). The van der Waals surface area contributed by atoms with Crippen molar-refractivity contribution in [3.63, 3.8) is 0 Å². The molecule has 3 rings (SSSR count). The van der Waals surface area contributed by atoms with Crippen LogP contribution in [0.3, 0.4) is 0 Å². The molecule has 4 heteroatoms. The second kappa shape index (κ2) is 5.80. The molecule has 1 saturated carbocycles. The van der Waals surface area contributed by atoms with Gasteiger partial charge in [0.1, 0.15) is 11.3 Å². The van der Waals surface area contributed by atoms with E-state index < -0.39 is 0 Å². The van der Waals surface area contributed by atoms with Crippen molar-refractivity contribution in [2.45, 2.75) is 37.6 Å². The minimum Gasteiger partial charge on any atom is -0.497 e. The van der Waals surface area contributed by atoms with Gasteiger partial charge in [0.05, 0.1) is 7.11 Å². The van der Waals surface area contributed by atoms with Gasteiger partial charge in [-0.25, -0.2) is 4.99 Å². The lowest BCUT2D eigenvalue weighted by Crippen LogP contribution is -2.42. The molecule has 1 aromatic carbocycles. The Bertz CT molecular complexity index is 561. The molecule has 0 bridgehead atoms. The summed E-state index contributed by atoms with van der Waals surface area (Å²) in [6, 6.07) is 8.21. The molecular formula is C17H23N3O. The van der Waals surface area contributed by atoms with Gasteiger partial charge in [0.2, 0.25) is 0 Å². The van der Waals surface area contributed by atoms with Crippen molar-refractivity contribution in [3.05, 3.63) is 42.1 Å². The fraction of sp³-hybridized carbons (Fsp3) is 0.471. The van der Waals surface area contributed by atoms with Crippen molar-refractivity contribution in [2.24, 2.45) is 16.6 Å². The number of aliphatic imine (C=N–C) groups is 1. The van der Waals surface area contributed by atoms with Crippen LogP contribution >= 0.6 is 0 Å². The third-order valence-corrected chi connectivity index (χ3v) is 4.63. The number of guanidine groups is 1. The summed E-state index contributed by atoms with van der Waals surface area (Å²) < 4.78 is 5.39. The lowest BCUT2D eigenvalue weighted by atomic mass is 9.71. The van der Waals surface area contributed by atoms with Gasteiger partial charge in [-0.2, -0.15) is 0 Å². The number of rotatable bonds is 3. The van der Waals surface area contributed by atoms with Crippen molar-refractivity contribution in [2.75, 3.05) is 7.11 Å². The highest BCUT2D eigenvalue weighted by molar-refractivity contribution is 5.80. The zero-order chi connectivity index (χ0) is 14.7. The molecule has 1 aliphatic heterocycles. The van der Waals surface area contributed by atoms with Gasteiger partial charge in [0.15, 0.2) is 5.96 Å². The van der Waals surface area contributed by atoms with E-state index in [0.717, 1.165) is 11.3 Å². The summed E-state index contributed by atoms with van der Waals surface area (Å²) in [7, 11) is 1.70. The molecule has 3 N–H and O–H groups in total. The minimum absolute atomic E-state index is 0.357. The summed E-state index contributed by atoms with van der Waals surface area (Å²) in [6.07, 6.45) is 10.3. The molecule has 0 radical (unpaired) electrons. The molecule has 1 aromatic rings. The van der Waals surface area contributed by atoms with Gasteiger partial charge in [0.25, 0.3) is 0 Å². The topological polar surface area (TPSA) is 59.6 Å². The first-order valence-corrected chi connectivity index (χ1v) is 7.69. The van der Waals surface area contributed by atoms with E-state index in [1.54, 1.807) is 7.11 Å². The Morgan fingerprint density at radius 1 is 1.29 bits per heavy atom. The second-order valence-corrected chi connectivity index (χ2v) is 5.87. The Morgan fingerprint density at radius 3 is 2.81 bits per heavy atom. The molecule has 1 aliphatic carbocycles. The molecule has 0 saturated heterocycles. The van der Waals surface area contributed by atoms with E-state index in [0.29, 0.717) is 11.9 Å². The van der Waals surface area contributed by atoms with Crippen LogP contribution in [0.4, 0.5) is 0 Å². The van der Waals surface area contributed by atoms with Gasteiger partial charge >= 0.3 is 0 Å². The van der Waals surface area contributed by atoms with E-state index in [4.69, 9.17) is 15.5 Å². The highest BCUT2D eigenvalue weighted by Crippen LogP contribution is 2.44. The smallest absolute Gasteiger partial charge is 0.193 e. The van der Waals surface area contributed by atoms with Crippen LogP contribution in [0, 0.1) is 5.92 Å². The summed E-state index contributed by atoms with van der Waals surface area (Å²) in [4.78, 5) is 4.82. The Kier molecular flexibility index (Phi) is 3.86. The highest BCUT2D eigenvalue weighted by Gasteiger charge is 2.40. The number of benzene rings is 1. The third-order valence-electron chi connectivity index (χ3n) is 4.63. The van der Waals surface area contributed by atoms with Crippen molar-refractivity contribution in [3.8, 4) is 5.75 Å². The highest BCUT2D eigenvalue weighted by atomic mass is 16.5. The van der Waals surface area contributed by atoms with E-state index in [9.17, 15) is 0 Å². The summed E-state index contributed by atoms with van der Waals surface area (Å²) in [5.74, 6) is 1.85. The second-order valence-electron chi connectivity index (χ2n) is 5.87. The van der Waals surface area contributed by atoms with Gasteiger partial charge in [0, 0.05) is 6.20 Å². The van der Waals surface area contributed by atoms with Gasteiger partial charge in [-0.05, 0) is 42.5 Å². The van der Waals surface area contributed by atoms with Crippen LogP contribution in [-0.4, -0.2) is 13.1 Å². The predicted octanol–water partition coefficient (Wildman–Crippen LogP) is 2.90. The van der Waals surface area contributed by atoms with Crippen molar-refractivity contribution in [1.82, 2.24) is 5.32 Å². The van der Waals surface area contributed by atoms with Gasteiger partial charge < -0.3 is 15.8 Å². The average Bonchev–Trinajstić information content (AvgIpc) is 2.55. The van der Waals surface area contributed by atoms with Gasteiger partial charge in [-0.3, -0.25) is 0 Å². The van der Waals surface area contributed by atoms with Gasteiger partial charge in [-0.1, -0.05) is 31.4 Å². The number of nitrogens with two attached hydrogens (primary N) is 1. The van der Waals surface area contributed by atoms with Crippen molar-refractivity contribution < 1.29 is 4.74 Å². The number of ether oxygens (including phenoxy) is 1. The number of hydrogen-bond donors (Lipinski definition) is 2. The SMILES string of the molecule is COc1cccc(C2(C3CCCCC3)C=CNC(N)=N2)c1. The molecule has 1 unspecified atom stereocenters. The molecule has 1 heterocycles. The average molecular weight is 285 g/mol. The Hall–Kier alpha value is -1.97. The maximum absolute atomic E-state index is 5.98. The predicted molar refractivity (Wildman–Crippen MR) is 85.1 cm³/mol. The third kappa shape index (κ3) is 2.62. The van der Waals surface area contributed by atoms with E-state index in [2.05, 4.69) is 23.5 Å². The molecule has 21 heavy (non-hydrogen) atoms. The monoisotopic (exact) mass is 285 g/mol.